The van der Waals surface area contributed by atoms with Gasteiger partial charge in [0.2, 0.25) is 0 Å². The van der Waals surface area contributed by atoms with Gasteiger partial charge >= 0.3 is 11.9 Å². The van der Waals surface area contributed by atoms with Gasteiger partial charge in [-0.15, -0.1) is 0 Å². The summed E-state index contributed by atoms with van der Waals surface area (Å²) in [6, 6.07) is 5.28. The molecule has 0 aromatic heterocycles. The summed E-state index contributed by atoms with van der Waals surface area (Å²) < 4.78 is 9.61. The van der Waals surface area contributed by atoms with Crippen LogP contribution in [-0.2, 0) is 25.7 Å². The lowest BCUT2D eigenvalue weighted by Gasteiger charge is -2.03. The van der Waals surface area contributed by atoms with Gasteiger partial charge in [0.25, 0.3) is 0 Å². The number of benzene rings is 1. The Labute approximate surface area is 129 Å². The van der Waals surface area contributed by atoms with E-state index in [0.717, 1.165) is 11.1 Å². The molecule has 0 saturated carbocycles. The van der Waals surface area contributed by atoms with Crippen molar-refractivity contribution in [3.8, 4) is 0 Å². The third-order valence-electron chi connectivity index (χ3n) is 2.62. The molecular weight excluding hydrogens is 284 g/mol. The average Bonchev–Trinajstić information content (AvgIpc) is 2.51. The van der Waals surface area contributed by atoms with Gasteiger partial charge in [-0.2, -0.15) is 0 Å². The van der Waals surface area contributed by atoms with Crippen molar-refractivity contribution < 1.29 is 24.2 Å². The van der Waals surface area contributed by atoms with Gasteiger partial charge in [-0.05, 0) is 60.9 Å². The molecule has 0 spiro atoms. The van der Waals surface area contributed by atoms with Crippen LogP contribution >= 0.6 is 0 Å². The first kappa shape index (κ1) is 17.7. The van der Waals surface area contributed by atoms with Crippen LogP contribution in [0.5, 0.6) is 0 Å². The van der Waals surface area contributed by atoms with E-state index in [-0.39, 0.29) is 6.61 Å². The van der Waals surface area contributed by atoms with E-state index in [4.69, 9.17) is 9.47 Å². The summed E-state index contributed by atoms with van der Waals surface area (Å²) in [4.78, 5) is 22.6. The average molecular weight is 304 g/mol. The number of carbonyl (C=O) groups is 2. The van der Waals surface area contributed by atoms with E-state index in [2.05, 4.69) is 0 Å². The Morgan fingerprint density at radius 2 is 1.41 bits per heavy atom. The van der Waals surface area contributed by atoms with Crippen molar-refractivity contribution in [3.63, 3.8) is 0 Å². The van der Waals surface area contributed by atoms with Gasteiger partial charge in [0.1, 0.15) is 0 Å². The fourth-order valence-electron chi connectivity index (χ4n) is 1.74. The SMILES string of the molecule is CCOC(=O)/C=C\c1cc(/C=C/C(=O)OCC)cc(CO)c1. The lowest BCUT2D eigenvalue weighted by Crippen LogP contribution is -1.99. The number of aliphatic hydroxyl groups excluding tert-OH is 1. The van der Waals surface area contributed by atoms with Crippen molar-refractivity contribution in [1.29, 1.82) is 0 Å². The summed E-state index contributed by atoms with van der Waals surface area (Å²) in [5.74, 6) is -0.860. The highest BCUT2D eigenvalue weighted by Gasteiger charge is 2.00. The molecule has 0 unspecified atom stereocenters. The van der Waals surface area contributed by atoms with Gasteiger partial charge < -0.3 is 14.6 Å². The van der Waals surface area contributed by atoms with Crippen LogP contribution in [0.25, 0.3) is 12.2 Å². The number of aliphatic hydroxyl groups is 1. The Balaban J connectivity index is 2.93. The van der Waals surface area contributed by atoms with Crippen LogP contribution in [0.2, 0.25) is 0 Å². The van der Waals surface area contributed by atoms with Crippen LogP contribution in [-0.4, -0.2) is 30.3 Å². The van der Waals surface area contributed by atoms with Crippen LogP contribution in [0.3, 0.4) is 0 Å². The first-order valence-corrected chi connectivity index (χ1v) is 7.03. The lowest BCUT2D eigenvalue weighted by molar-refractivity contribution is -0.138. The Bertz CT molecular complexity index is 526. The number of ether oxygens (including phenoxy) is 2. The molecule has 1 aromatic carbocycles. The van der Waals surface area contributed by atoms with Crippen LogP contribution in [0.4, 0.5) is 0 Å². The largest absolute Gasteiger partial charge is 0.463 e. The number of hydrogen-bond acceptors (Lipinski definition) is 5. The topological polar surface area (TPSA) is 72.8 Å². The minimum atomic E-state index is -0.430. The predicted octanol–water partition coefficient (Wildman–Crippen LogP) is 2.33. The highest BCUT2D eigenvalue weighted by molar-refractivity contribution is 5.88. The Morgan fingerprint density at radius 3 is 1.77 bits per heavy atom. The Morgan fingerprint density at radius 1 is 0.955 bits per heavy atom. The molecule has 1 rings (SSSR count). The van der Waals surface area contributed by atoms with E-state index in [0.29, 0.717) is 18.8 Å². The second-order valence-electron chi connectivity index (χ2n) is 4.34. The lowest BCUT2D eigenvalue weighted by atomic mass is 10.0. The van der Waals surface area contributed by atoms with Crippen molar-refractivity contribution in [2.75, 3.05) is 13.2 Å². The summed E-state index contributed by atoms with van der Waals surface area (Å²) in [7, 11) is 0. The van der Waals surface area contributed by atoms with Gasteiger partial charge in [-0.3, -0.25) is 0 Å². The van der Waals surface area contributed by atoms with Gasteiger partial charge in [0, 0.05) is 12.2 Å². The summed E-state index contributed by atoms with van der Waals surface area (Å²) >= 11 is 0. The monoisotopic (exact) mass is 304 g/mol. The molecule has 0 fully saturated rings. The van der Waals surface area contributed by atoms with E-state index in [9.17, 15) is 14.7 Å². The Hall–Kier alpha value is -2.40. The van der Waals surface area contributed by atoms with E-state index in [1.54, 1.807) is 44.2 Å². The summed E-state index contributed by atoms with van der Waals surface area (Å²) in [6.45, 7) is 3.95. The molecule has 0 bridgehead atoms. The maximum atomic E-state index is 11.3. The molecule has 118 valence electrons. The minimum absolute atomic E-state index is 0.138. The number of hydrogen-bond donors (Lipinski definition) is 1. The highest BCUT2D eigenvalue weighted by atomic mass is 16.5. The van der Waals surface area contributed by atoms with Gasteiger partial charge in [-0.1, -0.05) is 0 Å². The number of rotatable bonds is 7. The first-order chi connectivity index (χ1) is 10.6. The smallest absolute Gasteiger partial charge is 0.330 e. The molecular formula is C17H20O5. The van der Waals surface area contributed by atoms with Crippen molar-refractivity contribution in [3.05, 3.63) is 47.0 Å². The quantitative estimate of drug-likeness (QED) is 0.618. The third-order valence-corrected chi connectivity index (χ3v) is 2.62. The first-order valence-electron chi connectivity index (χ1n) is 7.03. The van der Waals surface area contributed by atoms with Crippen molar-refractivity contribution in [1.82, 2.24) is 0 Å². The van der Waals surface area contributed by atoms with Gasteiger partial charge in [0.15, 0.2) is 0 Å². The second kappa shape index (κ2) is 9.52. The third kappa shape index (κ3) is 6.37. The predicted molar refractivity (Wildman–Crippen MR) is 83.7 cm³/mol. The van der Waals surface area contributed by atoms with E-state index >= 15 is 0 Å². The molecule has 0 aliphatic carbocycles. The fourth-order valence-corrected chi connectivity index (χ4v) is 1.74. The molecule has 5 nitrogen and oxygen atoms in total. The molecule has 1 N–H and O–H groups in total. The second-order valence-corrected chi connectivity index (χ2v) is 4.34. The van der Waals surface area contributed by atoms with Crippen LogP contribution in [0.1, 0.15) is 30.5 Å². The maximum absolute atomic E-state index is 11.3. The van der Waals surface area contributed by atoms with Crippen LogP contribution in [0.15, 0.2) is 30.4 Å². The molecule has 0 heterocycles. The van der Waals surface area contributed by atoms with Crippen LogP contribution in [0, 0.1) is 0 Å². The Kier molecular flexibility index (Phi) is 7.64. The summed E-state index contributed by atoms with van der Waals surface area (Å²) in [5, 5.41) is 9.28. The standard InChI is InChI=1S/C17H20O5/c1-3-21-16(19)7-5-13-9-14(11-15(10-13)12-18)6-8-17(20)22-4-2/h5-11,18H,3-4,12H2,1-2H3/b7-5-,8-6+. The summed E-state index contributed by atoms with van der Waals surface area (Å²) in [6.07, 6.45) is 5.83. The molecule has 0 amide bonds. The van der Waals surface area contributed by atoms with Gasteiger partial charge in [-0.25, -0.2) is 9.59 Å². The van der Waals surface area contributed by atoms with E-state index < -0.39 is 11.9 Å². The molecule has 0 radical (unpaired) electrons. The minimum Gasteiger partial charge on any atom is -0.463 e. The zero-order valence-corrected chi connectivity index (χ0v) is 12.7. The molecule has 0 aliphatic heterocycles. The molecule has 22 heavy (non-hydrogen) atoms. The molecule has 0 saturated heterocycles. The molecule has 0 aliphatic rings. The van der Waals surface area contributed by atoms with Crippen molar-refractivity contribution >= 4 is 24.1 Å². The maximum Gasteiger partial charge on any atom is 0.330 e. The van der Waals surface area contributed by atoms with Crippen LogP contribution < -0.4 is 0 Å². The zero-order chi connectivity index (χ0) is 16.4. The van der Waals surface area contributed by atoms with Crippen molar-refractivity contribution in [2.45, 2.75) is 20.5 Å². The highest BCUT2D eigenvalue weighted by Crippen LogP contribution is 2.14. The van der Waals surface area contributed by atoms with E-state index in [1.165, 1.54) is 12.2 Å². The normalized spacial score (nSPS) is 11.0. The van der Waals surface area contributed by atoms with Crippen molar-refractivity contribution in [2.24, 2.45) is 0 Å². The van der Waals surface area contributed by atoms with E-state index in [1.807, 2.05) is 0 Å². The molecule has 0 atom stereocenters. The number of esters is 2. The summed E-state index contributed by atoms with van der Waals surface area (Å²) in [5.41, 5.74) is 2.13. The molecule has 5 heteroatoms. The molecule has 1 aromatic rings. The zero-order valence-electron chi connectivity index (χ0n) is 12.7. The van der Waals surface area contributed by atoms with Gasteiger partial charge in [0.05, 0.1) is 19.8 Å². The fraction of sp³-hybridized carbons (Fsp3) is 0.294. The number of carbonyl (C=O) groups excluding carboxylic acids is 2.